The molecule has 0 spiro atoms. The zero-order valence-corrected chi connectivity index (χ0v) is 11.9. The third-order valence-electron chi connectivity index (χ3n) is 3.78. The van der Waals surface area contributed by atoms with Crippen LogP contribution in [0, 0.1) is 5.92 Å². The maximum absolute atomic E-state index is 12.2. The van der Waals surface area contributed by atoms with Gasteiger partial charge >= 0.3 is 5.97 Å². The summed E-state index contributed by atoms with van der Waals surface area (Å²) in [6, 6.07) is 19.8. The Morgan fingerprint density at radius 1 is 1.00 bits per heavy atom. The Labute approximate surface area is 124 Å². The minimum Gasteiger partial charge on any atom is -0.453 e. The first-order chi connectivity index (χ1) is 10.3. The number of hydrogen-bond donors (Lipinski definition) is 1. The average Bonchev–Trinajstić information content (AvgIpc) is 2.50. The average molecular weight is 281 g/mol. The molecule has 0 saturated carbocycles. The Hall–Kier alpha value is -2.13. The second-order valence-electron chi connectivity index (χ2n) is 5.42. The summed E-state index contributed by atoms with van der Waals surface area (Å²) in [4.78, 5) is 12.2. The van der Waals surface area contributed by atoms with Crippen molar-refractivity contribution in [1.29, 1.82) is 0 Å². The van der Waals surface area contributed by atoms with Crippen molar-refractivity contribution in [2.75, 3.05) is 13.1 Å². The molecule has 1 heterocycles. The van der Waals surface area contributed by atoms with E-state index in [2.05, 4.69) is 5.32 Å². The summed E-state index contributed by atoms with van der Waals surface area (Å²) in [5, 5.41) is 3.18. The van der Waals surface area contributed by atoms with Crippen LogP contribution in [0.1, 0.15) is 23.7 Å². The summed E-state index contributed by atoms with van der Waals surface area (Å²) in [6.45, 7) is 1.83. The predicted molar refractivity (Wildman–Crippen MR) is 81.8 cm³/mol. The van der Waals surface area contributed by atoms with Crippen LogP contribution in [-0.4, -0.2) is 19.1 Å². The van der Waals surface area contributed by atoms with Crippen LogP contribution in [0.2, 0.25) is 0 Å². The van der Waals surface area contributed by atoms with Crippen molar-refractivity contribution in [2.24, 2.45) is 5.92 Å². The molecule has 0 bridgehead atoms. The van der Waals surface area contributed by atoms with Crippen LogP contribution >= 0.6 is 0 Å². The molecule has 3 nitrogen and oxygen atoms in total. The van der Waals surface area contributed by atoms with E-state index >= 15 is 0 Å². The molecule has 1 saturated heterocycles. The summed E-state index contributed by atoms with van der Waals surface area (Å²) in [5.74, 6) is 0.295. The van der Waals surface area contributed by atoms with E-state index in [0.717, 1.165) is 24.2 Å². The van der Waals surface area contributed by atoms with Crippen LogP contribution in [0.5, 0.6) is 0 Å². The fourth-order valence-electron chi connectivity index (χ4n) is 2.49. The van der Waals surface area contributed by atoms with Gasteiger partial charge in [0.2, 0.25) is 0 Å². The fourth-order valence-corrected chi connectivity index (χ4v) is 2.49. The molecule has 0 amide bonds. The van der Waals surface area contributed by atoms with Gasteiger partial charge < -0.3 is 10.1 Å². The third-order valence-corrected chi connectivity index (χ3v) is 3.78. The van der Waals surface area contributed by atoms with Crippen LogP contribution in [0.15, 0.2) is 60.7 Å². The first-order valence-electron chi connectivity index (χ1n) is 7.33. The highest BCUT2D eigenvalue weighted by atomic mass is 16.5. The van der Waals surface area contributed by atoms with Crippen molar-refractivity contribution in [1.82, 2.24) is 5.32 Å². The summed E-state index contributed by atoms with van der Waals surface area (Å²) in [7, 11) is 0. The zero-order valence-electron chi connectivity index (χ0n) is 11.9. The van der Waals surface area contributed by atoms with Crippen molar-refractivity contribution < 1.29 is 9.53 Å². The lowest BCUT2D eigenvalue weighted by molar-refractivity contribution is -0.149. The molecule has 108 valence electrons. The minimum atomic E-state index is -0.326. The third kappa shape index (κ3) is 3.50. The number of benzene rings is 2. The van der Waals surface area contributed by atoms with Crippen LogP contribution < -0.4 is 5.32 Å². The van der Waals surface area contributed by atoms with Crippen LogP contribution in [0.25, 0.3) is 0 Å². The molecule has 21 heavy (non-hydrogen) atoms. The van der Waals surface area contributed by atoms with E-state index in [-0.39, 0.29) is 12.1 Å². The first kappa shape index (κ1) is 13.8. The van der Waals surface area contributed by atoms with Gasteiger partial charge in [-0.25, -0.2) is 0 Å². The number of hydrogen-bond acceptors (Lipinski definition) is 3. The minimum absolute atomic E-state index is 0.126. The van der Waals surface area contributed by atoms with E-state index in [1.54, 1.807) is 0 Å². The van der Waals surface area contributed by atoms with Gasteiger partial charge in [-0.2, -0.15) is 0 Å². The number of ether oxygens (including phenoxy) is 1. The van der Waals surface area contributed by atoms with Gasteiger partial charge in [-0.15, -0.1) is 0 Å². The zero-order chi connectivity index (χ0) is 14.5. The van der Waals surface area contributed by atoms with Crippen molar-refractivity contribution >= 4 is 5.97 Å². The lowest BCUT2D eigenvalue weighted by Gasteiger charge is -2.27. The highest BCUT2D eigenvalue weighted by Crippen LogP contribution is 2.27. The van der Waals surface area contributed by atoms with E-state index in [1.807, 2.05) is 60.7 Å². The van der Waals surface area contributed by atoms with Gasteiger partial charge in [-0.1, -0.05) is 60.7 Å². The lowest BCUT2D eigenvalue weighted by atomic mass is 9.99. The van der Waals surface area contributed by atoms with Crippen molar-refractivity contribution in [3.63, 3.8) is 0 Å². The van der Waals surface area contributed by atoms with Gasteiger partial charge in [0.05, 0.1) is 6.42 Å². The van der Waals surface area contributed by atoms with Gasteiger partial charge in [-0.05, 0) is 30.1 Å². The summed E-state index contributed by atoms with van der Waals surface area (Å²) in [6.07, 6.45) is 0.163. The van der Waals surface area contributed by atoms with Crippen molar-refractivity contribution in [3.05, 3.63) is 71.8 Å². The molecule has 1 aliphatic heterocycles. The highest BCUT2D eigenvalue weighted by Gasteiger charge is 2.24. The highest BCUT2D eigenvalue weighted by molar-refractivity contribution is 5.70. The molecule has 0 atom stereocenters. The molecule has 3 heteroatoms. The molecule has 0 radical (unpaired) electrons. The largest absolute Gasteiger partial charge is 0.453 e. The van der Waals surface area contributed by atoms with Gasteiger partial charge in [0.1, 0.15) is 0 Å². The molecule has 3 rings (SSSR count). The van der Waals surface area contributed by atoms with Crippen molar-refractivity contribution in [2.45, 2.75) is 12.5 Å². The molecule has 1 aliphatic rings. The van der Waals surface area contributed by atoms with Gasteiger partial charge in [0.15, 0.2) is 6.10 Å². The van der Waals surface area contributed by atoms with Gasteiger partial charge in [0.25, 0.3) is 0 Å². The van der Waals surface area contributed by atoms with Gasteiger partial charge in [-0.3, -0.25) is 4.79 Å². The molecule has 2 aromatic rings. The molecule has 0 aliphatic carbocycles. The second kappa shape index (κ2) is 6.55. The summed E-state index contributed by atoms with van der Waals surface area (Å²) < 4.78 is 5.76. The van der Waals surface area contributed by atoms with Crippen LogP contribution in [0.3, 0.4) is 0 Å². The second-order valence-corrected chi connectivity index (χ2v) is 5.42. The molecular weight excluding hydrogens is 262 g/mol. The fraction of sp³-hybridized carbons (Fsp3) is 0.278. The molecule has 1 fully saturated rings. The predicted octanol–water partition coefficient (Wildman–Crippen LogP) is 2.93. The SMILES string of the molecule is O=C(CC1CNC1)OC(c1ccccc1)c1ccccc1. The first-order valence-corrected chi connectivity index (χ1v) is 7.33. The monoisotopic (exact) mass is 281 g/mol. The van der Waals surface area contributed by atoms with E-state index < -0.39 is 0 Å². The van der Waals surface area contributed by atoms with Gasteiger partial charge in [0, 0.05) is 0 Å². The summed E-state index contributed by atoms with van der Waals surface area (Å²) in [5.41, 5.74) is 2.01. The molecular formula is C18H19NO2. The Balaban J connectivity index is 1.77. The molecule has 0 unspecified atom stereocenters. The van der Waals surface area contributed by atoms with Crippen molar-refractivity contribution in [3.8, 4) is 0 Å². The maximum atomic E-state index is 12.2. The van der Waals surface area contributed by atoms with E-state index in [0.29, 0.717) is 12.3 Å². The smallest absolute Gasteiger partial charge is 0.307 e. The Morgan fingerprint density at radius 3 is 1.95 bits per heavy atom. The van der Waals surface area contributed by atoms with E-state index in [9.17, 15) is 4.79 Å². The standard InChI is InChI=1S/C18H19NO2/c20-17(11-14-12-19-13-14)21-18(15-7-3-1-4-8-15)16-9-5-2-6-10-16/h1-10,14,18-19H,11-13H2. The van der Waals surface area contributed by atoms with E-state index in [4.69, 9.17) is 4.74 Å². The normalized spacial score (nSPS) is 14.7. The Kier molecular flexibility index (Phi) is 4.31. The molecule has 1 N–H and O–H groups in total. The van der Waals surface area contributed by atoms with Crippen LogP contribution in [-0.2, 0) is 9.53 Å². The number of carbonyl (C=O) groups is 1. The molecule has 0 aromatic heterocycles. The number of esters is 1. The topological polar surface area (TPSA) is 38.3 Å². The lowest BCUT2D eigenvalue weighted by Crippen LogP contribution is -2.43. The number of nitrogens with one attached hydrogen (secondary N) is 1. The quantitative estimate of drug-likeness (QED) is 0.856. The number of carbonyl (C=O) groups excluding carboxylic acids is 1. The van der Waals surface area contributed by atoms with E-state index in [1.165, 1.54) is 0 Å². The number of rotatable bonds is 5. The Morgan fingerprint density at radius 2 is 1.52 bits per heavy atom. The maximum Gasteiger partial charge on any atom is 0.307 e. The summed E-state index contributed by atoms with van der Waals surface area (Å²) >= 11 is 0. The Bertz CT molecular complexity index is 539. The molecule has 2 aromatic carbocycles. The van der Waals surface area contributed by atoms with Crippen LogP contribution in [0.4, 0.5) is 0 Å².